The van der Waals surface area contributed by atoms with Gasteiger partial charge in [0.25, 0.3) is 0 Å². The highest BCUT2D eigenvalue weighted by Gasteiger charge is 2.15. The van der Waals surface area contributed by atoms with E-state index in [9.17, 15) is 0 Å². The van der Waals surface area contributed by atoms with Crippen LogP contribution in [-0.4, -0.2) is 19.9 Å². The highest BCUT2D eigenvalue weighted by atomic mass is 14.8. The molecule has 2 heterocycles. The average Bonchev–Trinajstić information content (AvgIpc) is 3.12. The van der Waals surface area contributed by atoms with Gasteiger partial charge in [0, 0.05) is 22.3 Å². The number of rotatable bonds is 6. The fourth-order valence-electron chi connectivity index (χ4n) is 5.84. The van der Waals surface area contributed by atoms with Crippen LogP contribution in [0.3, 0.4) is 0 Å². The Labute approximate surface area is 261 Å². The SMILES string of the molecule is c1ccc(-c2nc3ccc(Cc4ccc5nc(-c6ccccc6)c(-c6ccccc6)nc5c4)cc3nc2-c2ccccc2)cc1. The minimum Gasteiger partial charge on any atom is -0.244 e. The lowest BCUT2D eigenvalue weighted by atomic mass is 10.0. The molecule has 0 unspecified atom stereocenters. The van der Waals surface area contributed by atoms with Crippen molar-refractivity contribution in [1.29, 1.82) is 0 Å². The molecule has 8 rings (SSSR count). The highest BCUT2D eigenvalue weighted by Crippen LogP contribution is 2.33. The summed E-state index contributed by atoms with van der Waals surface area (Å²) < 4.78 is 0. The second kappa shape index (κ2) is 11.6. The summed E-state index contributed by atoms with van der Waals surface area (Å²) in [7, 11) is 0. The van der Waals surface area contributed by atoms with Gasteiger partial charge in [-0.2, -0.15) is 0 Å². The van der Waals surface area contributed by atoms with Crippen molar-refractivity contribution in [2.75, 3.05) is 0 Å². The molecule has 4 nitrogen and oxygen atoms in total. The Bertz CT molecular complexity index is 2100. The zero-order valence-electron chi connectivity index (χ0n) is 24.5. The molecule has 212 valence electrons. The van der Waals surface area contributed by atoms with Gasteiger partial charge in [0.15, 0.2) is 0 Å². The number of aromatic nitrogens is 4. The van der Waals surface area contributed by atoms with Gasteiger partial charge >= 0.3 is 0 Å². The predicted molar refractivity (Wildman–Crippen MR) is 184 cm³/mol. The third-order valence-electron chi connectivity index (χ3n) is 8.05. The van der Waals surface area contributed by atoms with Gasteiger partial charge in [0.1, 0.15) is 0 Å². The van der Waals surface area contributed by atoms with Crippen molar-refractivity contribution in [3.8, 4) is 45.0 Å². The number of nitrogens with zero attached hydrogens (tertiary/aromatic N) is 4. The second-order valence-electron chi connectivity index (χ2n) is 11.1. The van der Waals surface area contributed by atoms with Gasteiger partial charge in [-0.25, -0.2) is 19.9 Å². The first-order valence-electron chi connectivity index (χ1n) is 15.1. The van der Waals surface area contributed by atoms with Crippen LogP contribution in [0, 0.1) is 0 Å². The largest absolute Gasteiger partial charge is 0.244 e. The molecule has 2 aromatic heterocycles. The fraction of sp³-hybridized carbons (Fsp3) is 0.0244. The van der Waals surface area contributed by atoms with Gasteiger partial charge < -0.3 is 0 Å². The van der Waals surface area contributed by atoms with Crippen molar-refractivity contribution in [3.05, 3.63) is 169 Å². The average molecular weight is 577 g/mol. The van der Waals surface area contributed by atoms with E-state index in [1.165, 1.54) is 11.1 Å². The van der Waals surface area contributed by atoms with Crippen LogP contribution in [0.4, 0.5) is 0 Å². The Kier molecular flexibility index (Phi) is 6.85. The molecular weight excluding hydrogens is 548 g/mol. The summed E-state index contributed by atoms with van der Waals surface area (Å²) in [5, 5.41) is 0. The minimum absolute atomic E-state index is 0.747. The van der Waals surface area contributed by atoms with Crippen molar-refractivity contribution in [1.82, 2.24) is 19.9 Å². The van der Waals surface area contributed by atoms with Gasteiger partial charge in [-0.1, -0.05) is 133 Å². The molecule has 0 aliphatic rings. The third kappa shape index (κ3) is 5.34. The summed E-state index contributed by atoms with van der Waals surface area (Å²) in [6.07, 6.45) is 0.747. The lowest BCUT2D eigenvalue weighted by Gasteiger charge is -2.12. The maximum Gasteiger partial charge on any atom is 0.0973 e. The summed E-state index contributed by atoms with van der Waals surface area (Å²) in [6, 6.07) is 53.9. The molecule has 0 saturated heterocycles. The Morgan fingerprint density at radius 1 is 0.289 bits per heavy atom. The van der Waals surface area contributed by atoms with E-state index in [1.807, 2.05) is 72.8 Å². The van der Waals surface area contributed by atoms with E-state index >= 15 is 0 Å². The Morgan fingerprint density at radius 3 is 0.889 bits per heavy atom. The van der Waals surface area contributed by atoms with Crippen molar-refractivity contribution in [3.63, 3.8) is 0 Å². The molecule has 0 saturated carbocycles. The van der Waals surface area contributed by atoms with E-state index in [-0.39, 0.29) is 0 Å². The van der Waals surface area contributed by atoms with Crippen molar-refractivity contribution in [2.45, 2.75) is 6.42 Å². The second-order valence-corrected chi connectivity index (χ2v) is 11.1. The van der Waals surface area contributed by atoms with E-state index in [4.69, 9.17) is 19.9 Å². The van der Waals surface area contributed by atoms with Crippen LogP contribution in [0.1, 0.15) is 11.1 Å². The molecule has 0 atom stereocenters. The van der Waals surface area contributed by atoms with E-state index < -0.39 is 0 Å². The zero-order valence-corrected chi connectivity index (χ0v) is 24.5. The molecule has 0 bridgehead atoms. The van der Waals surface area contributed by atoms with Gasteiger partial charge in [0.2, 0.25) is 0 Å². The first-order valence-corrected chi connectivity index (χ1v) is 15.1. The molecule has 8 aromatic rings. The lowest BCUT2D eigenvalue weighted by molar-refractivity contribution is 1.18. The van der Waals surface area contributed by atoms with Crippen molar-refractivity contribution in [2.24, 2.45) is 0 Å². The van der Waals surface area contributed by atoms with Crippen LogP contribution in [0.2, 0.25) is 0 Å². The minimum atomic E-state index is 0.747. The van der Waals surface area contributed by atoms with Crippen molar-refractivity contribution < 1.29 is 0 Å². The molecule has 0 fully saturated rings. The molecule has 0 amide bonds. The maximum absolute atomic E-state index is 5.17. The molecule has 4 heteroatoms. The molecule has 45 heavy (non-hydrogen) atoms. The third-order valence-corrected chi connectivity index (χ3v) is 8.05. The Balaban J connectivity index is 1.19. The molecular formula is C41H28N4. The van der Waals surface area contributed by atoms with Gasteiger partial charge in [-0.3, -0.25) is 0 Å². The quantitative estimate of drug-likeness (QED) is 0.198. The fourth-order valence-corrected chi connectivity index (χ4v) is 5.84. The van der Waals surface area contributed by atoms with Gasteiger partial charge in [-0.15, -0.1) is 0 Å². The van der Waals surface area contributed by atoms with E-state index in [0.29, 0.717) is 0 Å². The monoisotopic (exact) mass is 576 g/mol. The first kappa shape index (κ1) is 26.6. The van der Waals surface area contributed by atoms with Gasteiger partial charge in [0.05, 0.1) is 44.8 Å². The Morgan fingerprint density at radius 2 is 0.578 bits per heavy atom. The first-order chi connectivity index (χ1) is 22.3. The molecule has 0 N–H and O–H groups in total. The van der Waals surface area contributed by atoms with Crippen molar-refractivity contribution >= 4 is 22.1 Å². The summed E-state index contributed by atoms with van der Waals surface area (Å²) in [5.74, 6) is 0. The normalized spacial score (nSPS) is 11.2. The zero-order chi connectivity index (χ0) is 30.0. The van der Waals surface area contributed by atoms with Crippen LogP contribution in [0.15, 0.2) is 158 Å². The number of hydrogen-bond donors (Lipinski definition) is 0. The molecule has 0 radical (unpaired) electrons. The van der Waals surface area contributed by atoms with Crippen LogP contribution in [-0.2, 0) is 6.42 Å². The Hall–Kier alpha value is -6.00. The number of fused-ring (bicyclic) bond motifs is 2. The van der Waals surface area contributed by atoms with Gasteiger partial charge in [-0.05, 0) is 41.8 Å². The van der Waals surface area contributed by atoms with E-state index in [1.54, 1.807) is 0 Å². The summed E-state index contributed by atoms with van der Waals surface area (Å²) in [6.45, 7) is 0. The van der Waals surface area contributed by atoms with Crippen LogP contribution >= 0.6 is 0 Å². The topological polar surface area (TPSA) is 51.6 Å². The molecule has 6 aromatic carbocycles. The molecule has 0 aliphatic heterocycles. The standard InChI is InChI=1S/C41H28N4/c1-5-13-30(14-6-1)38-40(32-17-9-3-10-18-32)44-36-26-28(21-23-34(36)42-38)25-29-22-24-35-37(27-29)45-41(33-19-11-4-12-20-33)39(43-35)31-15-7-2-8-16-31/h1-24,26-27H,25H2. The lowest BCUT2D eigenvalue weighted by Crippen LogP contribution is -1.98. The van der Waals surface area contributed by atoms with Crippen LogP contribution in [0.5, 0.6) is 0 Å². The molecule has 0 aliphatic carbocycles. The smallest absolute Gasteiger partial charge is 0.0973 e. The van der Waals surface area contributed by atoms with Crippen LogP contribution < -0.4 is 0 Å². The highest BCUT2D eigenvalue weighted by molar-refractivity contribution is 5.88. The summed E-state index contributed by atoms with van der Waals surface area (Å²) in [4.78, 5) is 20.5. The maximum atomic E-state index is 5.17. The summed E-state index contributed by atoms with van der Waals surface area (Å²) >= 11 is 0. The number of benzene rings is 6. The van der Waals surface area contributed by atoms with E-state index in [0.717, 1.165) is 73.5 Å². The van der Waals surface area contributed by atoms with E-state index in [2.05, 4.69) is 84.9 Å². The number of hydrogen-bond acceptors (Lipinski definition) is 4. The summed E-state index contributed by atoms with van der Waals surface area (Å²) in [5.41, 5.74) is 13.6. The predicted octanol–water partition coefficient (Wildman–Crippen LogP) is 9.83. The van der Waals surface area contributed by atoms with Crippen LogP contribution in [0.25, 0.3) is 67.1 Å². The molecule has 0 spiro atoms.